The summed E-state index contributed by atoms with van der Waals surface area (Å²) in [5.41, 5.74) is 0. The number of esters is 4. The average molecular weight is 1410 g/mol. The number of unbranched alkanes of at least 4 members (excludes halogenated alkanes) is 41. The summed E-state index contributed by atoms with van der Waals surface area (Å²) in [5.74, 6) is 0.187. The van der Waals surface area contributed by atoms with E-state index in [9.17, 15) is 43.2 Å². The van der Waals surface area contributed by atoms with Crippen LogP contribution in [0.1, 0.15) is 395 Å². The second-order valence-corrected chi connectivity index (χ2v) is 31.6. The van der Waals surface area contributed by atoms with Gasteiger partial charge in [0.25, 0.3) is 0 Å². The summed E-state index contributed by atoms with van der Waals surface area (Å²) in [4.78, 5) is 72.9. The zero-order valence-corrected chi connectivity index (χ0v) is 64.6. The molecule has 0 saturated carbocycles. The molecule has 3 N–H and O–H groups in total. The maximum Gasteiger partial charge on any atom is 0.472 e. The van der Waals surface area contributed by atoms with Gasteiger partial charge in [0.1, 0.15) is 19.3 Å². The summed E-state index contributed by atoms with van der Waals surface area (Å²) in [6, 6.07) is 0. The number of aliphatic hydroxyl groups excluding tert-OH is 1. The van der Waals surface area contributed by atoms with Gasteiger partial charge in [-0.1, -0.05) is 344 Å². The fourth-order valence-corrected chi connectivity index (χ4v) is 13.3. The van der Waals surface area contributed by atoms with E-state index in [1.165, 1.54) is 205 Å². The second-order valence-electron chi connectivity index (χ2n) is 28.7. The van der Waals surface area contributed by atoms with Crippen LogP contribution >= 0.6 is 15.6 Å². The maximum absolute atomic E-state index is 13.1. The Kier molecular flexibility index (Phi) is 66.2. The average Bonchev–Trinajstić information content (AvgIpc) is 1.18. The smallest absolute Gasteiger partial charge is 0.462 e. The number of phosphoric acid groups is 2. The molecular weight excluding hydrogens is 1260 g/mol. The van der Waals surface area contributed by atoms with Crippen molar-refractivity contribution in [3.8, 4) is 0 Å². The van der Waals surface area contributed by atoms with E-state index in [0.717, 1.165) is 108 Å². The van der Waals surface area contributed by atoms with Crippen molar-refractivity contribution in [2.45, 2.75) is 414 Å². The Labute approximate surface area is 588 Å². The standard InChI is InChI=1S/C77H150O17P2/c1-8-11-12-13-14-15-16-17-18-19-20-21-22-23-24-29-39-46-53-60-76(81)93-72(64-87-74(79)58-51-44-37-28-26-25-27-34-41-48-55-68(4)5)66-91-95(83,84)89-62-71(78)63-90-96(85,86)92-67-73(94-77(82)61-54-47-40-33-31-36-43-50-57-70(7)10-3)65-88-75(80)59-52-45-38-32-30-35-42-49-56-69(6)9-2/h68-73,78H,8-67H2,1-7H3,(H,83,84)(H,85,86)/t69?,70?,71-,72-,73-/m1/s1. The Balaban J connectivity index is 5.25. The quantitative estimate of drug-likeness (QED) is 0.0222. The van der Waals surface area contributed by atoms with Gasteiger partial charge in [-0.2, -0.15) is 0 Å². The summed E-state index contributed by atoms with van der Waals surface area (Å²) >= 11 is 0. The number of rotatable bonds is 75. The number of ether oxygens (including phenoxy) is 4. The number of hydrogen-bond acceptors (Lipinski definition) is 15. The first kappa shape index (κ1) is 94.1. The number of hydrogen-bond donors (Lipinski definition) is 3. The molecule has 0 rings (SSSR count). The van der Waals surface area contributed by atoms with Gasteiger partial charge in [-0.3, -0.25) is 37.3 Å². The van der Waals surface area contributed by atoms with Crippen LogP contribution in [0.15, 0.2) is 0 Å². The minimum atomic E-state index is -4.96. The molecule has 0 aromatic rings. The number of carbonyl (C=O) groups excluding carboxylic acids is 4. The summed E-state index contributed by atoms with van der Waals surface area (Å²) < 4.78 is 68.6. The third-order valence-electron chi connectivity index (χ3n) is 18.6. The topological polar surface area (TPSA) is 237 Å². The van der Waals surface area contributed by atoms with E-state index in [2.05, 4.69) is 48.5 Å². The lowest BCUT2D eigenvalue weighted by Crippen LogP contribution is -2.30. The van der Waals surface area contributed by atoms with Crippen LogP contribution in [0.3, 0.4) is 0 Å². The Morgan fingerprint density at radius 3 is 0.792 bits per heavy atom. The molecule has 0 amide bonds. The van der Waals surface area contributed by atoms with Crippen molar-refractivity contribution in [3.05, 3.63) is 0 Å². The first-order valence-electron chi connectivity index (χ1n) is 39.9. The largest absolute Gasteiger partial charge is 0.472 e. The summed E-state index contributed by atoms with van der Waals surface area (Å²) in [6.07, 6.45) is 54.0. The number of aliphatic hydroxyl groups is 1. The highest BCUT2D eigenvalue weighted by molar-refractivity contribution is 7.47. The molecule has 0 heterocycles. The van der Waals surface area contributed by atoms with Gasteiger partial charge in [0.2, 0.25) is 0 Å². The molecule has 19 heteroatoms. The molecule has 0 radical (unpaired) electrons. The molecule has 0 aromatic carbocycles. The molecule has 0 aliphatic rings. The molecule has 0 saturated heterocycles. The van der Waals surface area contributed by atoms with Crippen molar-refractivity contribution >= 4 is 39.5 Å². The minimum absolute atomic E-state index is 0.104. The van der Waals surface area contributed by atoms with Crippen LogP contribution in [0.25, 0.3) is 0 Å². The SMILES string of the molecule is CCCCCCCCCCCCCCCCCCCCCC(=O)O[C@H](COC(=O)CCCCCCCCCCCCC(C)C)COP(=O)(O)OC[C@@H](O)COP(=O)(O)OC[C@@H](COC(=O)CCCCCCCCCCC(C)CC)OC(=O)CCCCCCCCCCC(C)CC. The molecule has 17 nitrogen and oxygen atoms in total. The van der Waals surface area contributed by atoms with Gasteiger partial charge >= 0.3 is 39.5 Å². The van der Waals surface area contributed by atoms with E-state index in [1.54, 1.807) is 0 Å². The Bertz CT molecular complexity index is 1870. The third-order valence-corrected chi connectivity index (χ3v) is 20.5. The highest BCUT2D eigenvalue weighted by Crippen LogP contribution is 2.45. The molecule has 96 heavy (non-hydrogen) atoms. The summed E-state index contributed by atoms with van der Waals surface area (Å²) in [6.45, 7) is 11.9. The van der Waals surface area contributed by atoms with E-state index >= 15 is 0 Å². The van der Waals surface area contributed by atoms with Crippen LogP contribution in [0, 0.1) is 17.8 Å². The number of phosphoric ester groups is 2. The molecule has 4 unspecified atom stereocenters. The van der Waals surface area contributed by atoms with E-state index in [-0.39, 0.29) is 25.7 Å². The van der Waals surface area contributed by atoms with E-state index in [4.69, 9.17) is 37.0 Å². The second kappa shape index (κ2) is 67.5. The molecule has 0 aliphatic heterocycles. The van der Waals surface area contributed by atoms with Crippen LogP contribution in [-0.4, -0.2) is 96.7 Å². The van der Waals surface area contributed by atoms with Gasteiger partial charge in [-0.15, -0.1) is 0 Å². The van der Waals surface area contributed by atoms with E-state index in [0.29, 0.717) is 25.7 Å². The predicted molar refractivity (Wildman–Crippen MR) is 391 cm³/mol. The molecule has 0 fully saturated rings. The third kappa shape index (κ3) is 67.9. The van der Waals surface area contributed by atoms with Gasteiger partial charge in [0.05, 0.1) is 26.4 Å². The van der Waals surface area contributed by atoms with Gasteiger partial charge in [0, 0.05) is 25.7 Å². The normalized spacial score (nSPS) is 14.6. The fourth-order valence-electron chi connectivity index (χ4n) is 11.7. The van der Waals surface area contributed by atoms with E-state index in [1.807, 2.05) is 0 Å². The summed E-state index contributed by atoms with van der Waals surface area (Å²) in [5, 5.41) is 10.6. The highest BCUT2D eigenvalue weighted by atomic mass is 31.2. The molecule has 0 aromatic heterocycles. The first-order valence-corrected chi connectivity index (χ1v) is 42.9. The molecular formula is C77H150O17P2. The lowest BCUT2D eigenvalue weighted by molar-refractivity contribution is -0.161. The molecule has 570 valence electrons. The van der Waals surface area contributed by atoms with E-state index < -0.39 is 97.5 Å². The molecule has 0 spiro atoms. The van der Waals surface area contributed by atoms with Crippen LogP contribution in [0.4, 0.5) is 0 Å². The monoisotopic (exact) mass is 1410 g/mol. The molecule has 0 aliphatic carbocycles. The zero-order chi connectivity index (χ0) is 70.9. The van der Waals surface area contributed by atoms with Gasteiger partial charge in [-0.05, 0) is 43.4 Å². The number of carbonyl (C=O) groups is 4. The fraction of sp³-hybridized carbons (Fsp3) is 0.948. The first-order chi connectivity index (χ1) is 46.3. The van der Waals surface area contributed by atoms with Crippen molar-refractivity contribution < 1.29 is 80.2 Å². The van der Waals surface area contributed by atoms with Crippen molar-refractivity contribution in [1.29, 1.82) is 0 Å². The van der Waals surface area contributed by atoms with Gasteiger partial charge in [-0.25, -0.2) is 9.13 Å². The predicted octanol–water partition coefficient (Wildman–Crippen LogP) is 22.6. The van der Waals surface area contributed by atoms with Crippen LogP contribution in [0.2, 0.25) is 0 Å². The molecule has 7 atom stereocenters. The van der Waals surface area contributed by atoms with Gasteiger partial charge < -0.3 is 33.8 Å². The highest BCUT2D eigenvalue weighted by Gasteiger charge is 2.30. The summed E-state index contributed by atoms with van der Waals surface area (Å²) in [7, 11) is -9.92. The van der Waals surface area contributed by atoms with Crippen molar-refractivity contribution in [2.24, 2.45) is 17.8 Å². The minimum Gasteiger partial charge on any atom is -0.462 e. The molecule has 0 bridgehead atoms. The zero-order valence-electron chi connectivity index (χ0n) is 62.8. The maximum atomic E-state index is 13.1. The van der Waals surface area contributed by atoms with Crippen LogP contribution in [0.5, 0.6) is 0 Å². The lowest BCUT2D eigenvalue weighted by atomic mass is 9.99. The van der Waals surface area contributed by atoms with Crippen molar-refractivity contribution in [1.82, 2.24) is 0 Å². The Hall–Kier alpha value is -1.94. The van der Waals surface area contributed by atoms with Crippen LogP contribution < -0.4 is 0 Å². The Morgan fingerprint density at radius 2 is 0.531 bits per heavy atom. The lowest BCUT2D eigenvalue weighted by Gasteiger charge is -2.21. The van der Waals surface area contributed by atoms with Gasteiger partial charge in [0.15, 0.2) is 12.2 Å². The Morgan fingerprint density at radius 1 is 0.302 bits per heavy atom. The van der Waals surface area contributed by atoms with Crippen molar-refractivity contribution in [3.63, 3.8) is 0 Å². The van der Waals surface area contributed by atoms with Crippen molar-refractivity contribution in [2.75, 3.05) is 39.6 Å². The van der Waals surface area contributed by atoms with Crippen LogP contribution in [-0.2, 0) is 65.4 Å².